The summed E-state index contributed by atoms with van der Waals surface area (Å²) in [7, 11) is -1.02. The zero-order valence-electron chi connectivity index (χ0n) is 18.4. The molecule has 168 valence electrons. The molecule has 1 atom stereocenters. The summed E-state index contributed by atoms with van der Waals surface area (Å²) in [6, 6.07) is 11.3. The Morgan fingerprint density at radius 2 is 1.77 bits per heavy atom. The summed E-state index contributed by atoms with van der Waals surface area (Å²) in [5.41, 5.74) is 1.89. The Morgan fingerprint density at radius 3 is 2.42 bits per heavy atom. The molecule has 0 saturated carbocycles. The zero-order valence-corrected chi connectivity index (χ0v) is 19.2. The minimum absolute atomic E-state index is 0.0597. The van der Waals surface area contributed by atoms with E-state index >= 15 is 0 Å². The smallest absolute Gasteiger partial charge is 0.244 e. The molecule has 3 rings (SSSR count). The Kier molecular flexibility index (Phi) is 7.23. The number of rotatable bonds is 8. The first-order chi connectivity index (χ1) is 14.8. The highest BCUT2D eigenvalue weighted by molar-refractivity contribution is 7.89. The predicted octanol–water partition coefficient (Wildman–Crippen LogP) is 2.98. The fourth-order valence-electron chi connectivity index (χ4n) is 3.69. The number of ether oxygens (including phenoxy) is 2. The van der Waals surface area contributed by atoms with Crippen LogP contribution in [-0.4, -0.2) is 45.4 Å². The van der Waals surface area contributed by atoms with Gasteiger partial charge in [0.1, 0.15) is 6.04 Å². The quantitative estimate of drug-likeness (QED) is 0.674. The van der Waals surface area contributed by atoms with Crippen LogP contribution in [0.1, 0.15) is 31.4 Å². The van der Waals surface area contributed by atoms with Crippen molar-refractivity contribution >= 4 is 15.9 Å². The van der Waals surface area contributed by atoms with Crippen LogP contribution >= 0.6 is 0 Å². The third-order valence-electron chi connectivity index (χ3n) is 5.49. The van der Waals surface area contributed by atoms with Gasteiger partial charge in [-0.1, -0.05) is 38.1 Å². The fraction of sp³-hybridized carbons (Fsp3) is 0.435. The summed E-state index contributed by atoms with van der Waals surface area (Å²) in [5, 5.41) is 2.92. The SMILES string of the molecule is COc1ccc(S(=O)(=O)N2Cc3ccccc3C[C@H]2C(=O)NCCC(C)C)cc1OC. The summed E-state index contributed by atoms with van der Waals surface area (Å²) in [6.07, 6.45) is 1.16. The van der Waals surface area contributed by atoms with E-state index in [1.807, 2.05) is 24.3 Å². The molecule has 1 amide bonds. The Bertz CT molecular complexity index is 1040. The molecule has 0 fully saturated rings. The first-order valence-corrected chi connectivity index (χ1v) is 11.8. The summed E-state index contributed by atoms with van der Waals surface area (Å²) in [5.74, 6) is 0.922. The van der Waals surface area contributed by atoms with E-state index < -0.39 is 16.1 Å². The van der Waals surface area contributed by atoms with Gasteiger partial charge in [0.05, 0.1) is 19.1 Å². The number of nitrogens with one attached hydrogen (secondary N) is 1. The van der Waals surface area contributed by atoms with Gasteiger partial charge in [-0.25, -0.2) is 8.42 Å². The minimum atomic E-state index is -3.96. The predicted molar refractivity (Wildman–Crippen MR) is 119 cm³/mol. The van der Waals surface area contributed by atoms with Gasteiger partial charge >= 0.3 is 0 Å². The van der Waals surface area contributed by atoms with Crippen molar-refractivity contribution in [2.45, 2.75) is 44.2 Å². The van der Waals surface area contributed by atoms with Crippen molar-refractivity contribution in [1.29, 1.82) is 0 Å². The maximum absolute atomic E-state index is 13.6. The van der Waals surface area contributed by atoms with Crippen LogP contribution in [0.15, 0.2) is 47.4 Å². The van der Waals surface area contributed by atoms with E-state index in [2.05, 4.69) is 19.2 Å². The molecule has 1 heterocycles. The molecule has 2 aromatic carbocycles. The highest BCUT2D eigenvalue weighted by atomic mass is 32.2. The molecule has 0 bridgehead atoms. The molecule has 0 radical (unpaired) electrons. The first-order valence-electron chi connectivity index (χ1n) is 10.4. The van der Waals surface area contributed by atoms with Gasteiger partial charge in [0.2, 0.25) is 15.9 Å². The highest BCUT2D eigenvalue weighted by Crippen LogP contribution is 2.34. The lowest BCUT2D eigenvalue weighted by molar-refractivity contribution is -0.125. The highest BCUT2D eigenvalue weighted by Gasteiger charge is 2.39. The standard InChI is InChI=1S/C23H30N2O5S/c1-16(2)11-12-24-23(26)20-13-17-7-5-6-8-18(17)15-25(20)31(27,28)19-9-10-21(29-3)22(14-19)30-4/h5-10,14,16,20H,11-13,15H2,1-4H3,(H,24,26)/t20-/m0/s1. The van der Waals surface area contributed by atoms with Crippen LogP contribution in [0.3, 0.4) is 0 Å². The molecule has 0 spiro atoms. The van der Waals surface area contributed by atoms with Crippen LogP contribution in [0.2, 0.25) is 0 Å². The van der Waals surface area contributed by atoms with Crippen LogP contribution in [0.5, 0.6) is 11.5 Å². The molecule has 8 heteroatoms. The summed E-state index contributed by atoms with van der Waals surface area (Å²) in [4.78, 5) is 13.1. The van der Waals surface area contributed by atoms with E-state index in [-0.39, 0.29) is 17.3 Å². The lowest BCUT2D eigenvalue weighted by Gasteiger charge is -2.35. The molecule has 2 aromatic rings. The third kappa shape index (κ3) is 5.02. The number of sulfonamides is 1. The number of hydrogen-bond acceptors (Lipinski definition) is 5. The number of hydrogen-bond donors (Lipinski definition) is 1. The Morgan fingerprint density at radius 1 is 1.10 bits per heavy atom. The average molecular weight is 447 g/mol. The van der Waals surface area contributed by atoms with Gasteiger partial charge < -0.3 is 14.8 Å². The topological polar surface area (TPSA) is 84.9 Å². The molecule has 7 nitrogen and oxygen atoms in total. The second-order valence-corrected chi connectivity index (χ2v) is 9.92. The molecule has 0 aliphatic carbocycles. The van der Waals surface area contributed by atoms with Gasteiger partial charge in [-0.2, -0.15) is 4.31 Å². The summed E-state index contributed by atoms with van der Waals surface area (Å²) < 4.78 is 39.0. The lowest BCUT2D eigenvalue weighted by atomic mass is 9.95. The van der Waals surface area contributed by atoms with Gasteiger partial charge in [0.15, 0.2) is 11.5 Å². The van der Waals surface area contributed by atoms with E-state index in [9.17, 15) is 13.2 Å². The van der Waals surface area contributed by atoms with E-state index in [1.54, 1.807) is 6.07 Å². The van der Waals surface area contributed by atoms with Crippen molar-refractivity contribution in [3.63, 3.8) is 0 Å². The second-order valence-electron chi connectivity index (χ2n) is 8.03. The molecule has 1 N–H and O–H groups in total. The summed E-state index contributed by atoms with van der Waals surface area (Å²) >= 11 is 0. The number of fused-ring (bicyclic) bond motifs is 1. The largest absolute Gasteiger partial charge is 0.493 e. The van der Waals surface area contributed by atoms with Crippen molar-refractivity contribution in [3.05, 3.63) is 53.6 Å². The second kappa shape index (κ2) is 9.70. The van der Waals surface area contributed by atoms with Crippen LogP contribution in [0, 0.1) is 5.92 Å². The van der Waals surface area contributed by atoms with E-state index in [0.717, 1.165) is 17.5 Å². The number of amides is 1. The van der Waals surface area contributed by atoms with Crippen LogP contribution in [0.25, 0.3) is 0 Å². The number of carbonyl (C=O) groups excluding carboxylic acids is 1. The van der Waals surface area contributed by atoms with Crippen molar-refractivity contribution in [3.8, 4) is 11.5 Å². The van der Waals surface area contributed by atoms with Crippen molar-refractivity contribution < 1.29 is 22.7 Å². The maximum Gasteiger partial charge on any atom is 0.244 e. The minimum Gasteiger partial charge on any atom is -0.493 e. The molecule has 0 saturated heterocycles. The van der Waals surface area contributed by atoms with Crippen molar-refractivity contribution in [1.82, 2.24) is 9.62 Å². The average Bonchev–Trinajstić information content (AvgIpc) is 2.77. The Hall–Kier alpha value is -2.58. The van der Waals surface area contributed by atoms with Crippen molar-refractivity contribution in [2.75, 3.05) is 20.8 Å². The van der Waals surface area contributed by atoms with Gasteiger partial charge in [0.25, 0.3) is 0 Å². The molecule has 0 unspecified atom stereocenters. The van der Waals surface area contributed by atoms with Gasteiger partial charge in [-0.3, -0.25) is 4.79 Å². The number of methoxy groups -OCH3 is 2. The maximum atomic E-state index is 13.6. The Balaban J connectivity index is 1.97. The monoisotopic (exact) mass is 446 g/mol. The lowest BCUT2D eigenvalue weighted by Crippen LogP contribution is -2.52. The zero-order chi connectivity index (χ0) is 22.6. The normalized spacial score (nSPS) is 16.6. The molecular formula is C23H30N2O5S. The Labute approximate surface area is 184 Å². The first kappa shape index (κ1) is 23.1. The molecule has 1 aliphatic rings. The van der Waals surface area contributed by atoms with Crippen LogP contribution in [0.4, 0.5) is 0 Å². The third-order valence-corrected chi connectivity index (χ3v) is 7.34. The van der Waals surface area contributed by atoms with E-state index in [4.69, 9.17) is 9.47 Å². The van der Waals surface area contributed by atoms with Gasteiger partial charge in [-0.05, 0) is 42.0 Å². The van der Waals surface area contributed by atoms with Crippen molar-refractivity contribution in [2.24, 2.45) is 5.92 Å². The number of benzene rings is 2. The van der Waals surface area contributed by atoms with Crippen LogP contribution < -0.4 is 14.8 Å². The molecule has 0 aromatic heterocycles. The molecule has 31 heavy (non-hydrogen) atoms. The molecule has 1 aliphatic heterocycles. The van der Waals surface area contributed by atoms with Crippen LogP contribution in [-0.2, 0) is 27.8 Å². The van der Waals surface area contributed by atoms with E-state index in [1.165, 1.54) is 30.7 Å². The fourth-order valence-corrected chi connectivity index (χ4v) is 5.27. The van der Waals surface area contributed by atoms with Gasteiger partial charge in [-0.15, -0.1) is 0 Å². The molecular weight excluding hydrogens is 416 g/mol. The summed E-state index contributed by atoms with van der Waals surface area (Å²) in [6.45, 7) is 4.81. The van der Waals surface area contributed by atoms with Gasteiger partial charge in [0, 0.05) is 19.2 Å². The van der Waals surface area contributed by atoms with E-state index in [0.29, 0.717) is 30.4 Å². The number of carbonyl (C=O) groups is 1. The number of nitrogens with zero attached hydrogens (tertiary/aromatic N) is 1.